The van der Waals surface area contributed by atoms with Gasteiger partial charge in [-0.1, -0.05) is 79.7 Å². The number of esters is 1. The minimum atomic E-state index is -0.547. The number of nitrogens with zero attached hydrogens (tertiary/aromatic N) is 2. The van der Waals surface area contributed by atoms with Crippen LogP contribution >= 0.6 is 23.4 Å². The van der Waals surface area contributed by atoms with Gasteiger partial charge in [0.1, 0.15) is 0 Å². The molecule has 2 aliphatic rings. The van der Waals surface area contributed by atoms with Crippen LogP contribution in [0.25, 0.3) is 5.70 Å². The van der Waals surface area contributed by atoms with E-state index in [1.807, 2.05) is 58.8 Å². The zero-order chi connectivity index (χ0) is 24.9. The van der Waals surface area contributed by atoms with E-state index in [0.29, 0.717) is 33.9 Å². The second-order valence-corrected chi connectivity index (χ2v) is 9.95. The zero-order valence-electron chi connectivity index (χ0n) is 20.0. The summed E-state index contributed by atoms with van der Waals surface area (Å²) in [5.41, 5.74) is 3.39. The largest absolute Gasteiger partial charge is 0.463 e. The number of carbonyl (C=O) groups excluding carboxylic acids is 2. The Hall–Kier alpha value is -3.03. The topological polar surface area (TPSA) is 71.0 Å². The fourth-order valence-electron chi connectivity index (χ4n) is 4.03. The number of fused-ring (bicyclic) bond motifs is 1. The average Bonchev–Trinajstić information content (AvgIpc) is 3.24. The molecule has 0 aliphatic carbocycles. The van der Waals surface area contributed by atoms with E-state index in [1.54, 1.807) is 13.0 Å². The molecule has 0 saturated heterocycles. The Bertz CT molecular complexity index is 1210. The Labute approximate surface area is 215 Å². The lowest BCUT2D eigenvalue weighted by Gasteiger charge is -2.37. The van der Waals surface area contributed by atoms with Crippen LogP contribution in [-0.4, -0.2) is 35.1 Å². The summed E-state index contributed by atoms with van der Waals surface area (Å²) in [5, 5.41) is 6.17. The lowest BCUT2D eigenvalue weighted by Crippen LogP contribution is -2.38. The van der Waals surface area contributed by atoms with Gasteiger partial charge in [-0.15, -0.1) is 0 Å². The molecule has 0 radical (unpaired) electrons. The Morgan fingerprint density at radius 2 is 1.94 bits per heavy atom. The van der Waals surface area contributed by atoms with Gasteiger partial charge in [-0.3, -0.25) is 4.79 Å². The van der Waals surface area contributed by atoms with Crippen molar-refractivity contribution in [1.29, 1.82) is 0 Å². The Kier molecular flexibility index (Phi) is 7.98. The molecule has 0 spiro atoms. The standard InChI is InChI=1S/C27H28ClN3O3S/c1-4-34-26(33)23-24(18-9-6-5-7-10-18)30-27-31(25(23)19-11-8-12-20(28)13-19)21(16-35-27)14-22(32)29-15-17(2)3/h5-13,16-17,25H,4,14-15H2,1-3H3,(H,29,32). The van der Waals surface area contributed by atoms with E-state index in [1.165, 1.54) is 11.8 Å². The minimum absolute atomic E-state index is 0.0767. The summed E-state index contributed by atoms with van der Waals surface area (Å²) >= 11 is 7.82. The molecule has 8 heteroatoms. The predicted octanol–water partition coefficient (Wildman–Crippen LogP) is 5.78. The molecule has 6 nitrogen and oxygen atoms in total. The zero-order valence-corrected chi connectivity index (χ0v) is 21.5. The van der Waals surface area contributed by atoms with Gasteiger partial charge in [-0.05, 0) is 35.9 Å². The first-order valence-electron chi connectivity index (χ1n) is 11.6. The predicted molar refractivity (Wildman–Crippen MR) is 142 cm³/mol. The number of benzene rings is 2. The van der Waals surface area contributed by atoms with Crippen LogP contribution in [-0.2, 0) is 14.3 Å². The maximum absolute atomic E-state index is 13.4. The van der Waals surface area contributed by atoms with Crippen LogP contribution in [0.2, 0.25) is 5.02 Å². The van der Waals surface area contributed by atoms with Crippen molar-refractivity contribution in [3.05, 3.63) is 87.4 Å². The lowest BCUT2D eigenvalue weighted by atomic mass is 9.91. The van der Waals surface area contributed by atoms with Crippen LogP contribution in [0.1, 0.15) is 44.4 Å². The molecule has 0 fully saturated rings. The van der Waals surface area contributed by atoms with Crippen LogP contribution in [0.5, 0.6) is 0 Å². The van der Waals surface area contributed by atoms with Crippen molar-refractivity contribution in [1.82, 2.24) is 10.2 Å². The molecular weight excluding hydrogens is 482 g/mol. The van der Waals surface area contributed by atoms with E-state index in [0.717, 1.165) is 16.8 Å². The van der Waals surface area contributed by atoms with Gasteiger partial charge in [-0.25, -0.2) is 9.79 Å². The molecule has 0 bridgehead atoms. The molecule has 35 heavy (non-hydrogen) atoms. The Morgan fingerprint density at radius 1 is 1.17 bits per heavy atom. The molecule has 2 aliphatic heterocycles. The molecule has 4 rings (SSSR count). The second kappa shape index (κ2) is 11.1. The molecular formula is C27H28ClN3O3S. The summed E-state index contributed by atoms with van der Waals surface area (Å²) < 4.78 is 5.51. The number of hydrogen-bond acceptors (Lipinski definition) is 6. The van der Waals surface area contributed by atoms with Gasteiger partial charge in [0.2, 0.25) is 5.91 Å². The number of halogens is 1. The quantitative estimate of drug-likeness (QED) is 0.457. The molecule has 1 N–H and O–H groups in total. The summed E-state index contributed by atoms with van der Waals surface area (Å²) in [6.07, 6.45) is 0.173. The van der Waals surface area contributed by atoms with Crippen molar-refractivity contribution in [3.8, 4) is 0 Å². The van der Waals surface area contributed by atoms with Crippen LogP contribution in [0.3, 0.4) is 0 Å². The average molecular weight is 510 g/mol. The molecule has 1 unspecified atom stereocenters. The normalized spacial score (nSPS) is 17.2. The monoisotopic (exact) mass is 509 g/mol. The van der Waals surface area contributed by atoms with Crippen molar-refractivity contribution in [3.63, 3.8) is 0 Å². The summed E-state index contributed by atoms with van der Waals surface area (Å²) in [6, 6.07) is 16.5. The maximum Gasteiger partial charge on any atom is 0.338 e. The Morgan fingerprint density at radius 3 is 2.63 bits per heavy atom. The fourth-order valence-corrected chi connectivity index (χ4v) is 5.14. The highest BCUT2D eigenvalue weighted by molar-refractivity contribution is 8.16. The summed E-state index contributed by atoms with van der Waals surface area (Å²) in [6.45, 7) is 6.72. The highest BCUT2D eigenvalue weighted by Gasteiger charge is 2.42. The summed E-state index contributed by atoms with van der Waals surface area (Å²) in [5.74, 6) is -0.171. The number of amidine groups is 1. The Balaban J connectivity index is 1.83. The first-order chi connectivity index (χ1) is 16.9. The minimum Gasteiger partial charge on any atom is -0.463 e. The van der Waals surface area contributed by atoms with Gasteiger partial charge in [-0.2, -0.15) is 0 Å². The number of amides is 1. The highest BCUT2D eigenvalue weighted by atomic mass is 35.5. The lowest BCUT2D eigenvalue weighted by molar-refractivity contribution is -0.139. The number of rotatable bonds is 8. The maximum atomic E-state index is 13.4. The molecule has 1 amide bonds. The third-order valence-corrected chi connectivity index (χ3v) is 6.69. The van der Waals surface area contributed by atoms with Gasteiger partial charge in [0.15, 0.2) is 5.17 Å². The van der Waals surface area contributed by atoms with Crippen molar-refractivity contribution in [2.24, 2.45) is 10.9 Å². The number of ether oxygens (including phenoxy) is 1. The molecule has 1 atom stereocenters. The van der Waals surface area contributed by atoms with E-state index in [2.05, 4.69) is 19.2 Å². The van der Waals surface area contributed by atoms with Gasteiger partial charge >= 0.3 is 5.97 Å². The smallest absolute Gasteiger partial charge is 0.338 e. The number of thioether (sulfide) groups is 1. The van der Waals surface area contributed by atoms with Crippen molar-refractivity contribution >= 4 is 46.1 Å². The number of aliphatic imine (C=N–C) groups is 1. The van der Waals surface area contributed by atoms with E-state index in [4.69, 9.17) is 21.3 Å². The van der Waals surface area contributed by atoms with Crippen LogP contribution < -0.4 is 5.32 Å². The number of nitrogens with one attached hydrogen (secondary N) is 1. The second-order valence-electron chi connectivity index (χ2n) is 8.67. The van der Waals surface area contributed by atoms with Gasteiger partial charge in [0, 0.05) is 22.8 Å². The fraction of sp³-hybridized carbons (Fsp3) is 0.296. The van der Waals surface area contributed by atoms with Gasteiger partial charge < -0.3 is 15.0 Å². The molecule has 0 aromatic heterocycles. The van der Waals surface area contributed by atoms with Gasteiger partial charge in [0.05, 0.1) is 30.3 Å². The van der Waals surface area contributed by atoms with E-state index in [9.17, 15) is 9.59 Å². The first kappa shape index (κ1) is 25.1. The van der Waals surface area contributed by atoms with E-state index in [-0.39, 0.29) is 18.9 Å². The van der Waals surface area contributed by atoms with Crippen LogP contribution in [0.15, 0.2) is 76.3 Å². The van der Waals surface area contributed by atoms with Crippen molar-refractivity contribution in [2.45, 2.75) is 33.2 Å². The van der Waals surface area contributed by atoms with Crippen molar-refractivity contribution < 1.29 is 14.3 Å². The highest BCUT2D eigenvalue weighted by Crippen LogP contribution is 2.47. The molecule has 2 heterocycles. The first-order valence-corrected chi connectivity index (χ1v) is 12.9. The molecule has 0 saturated carbocycles. The van der Waals surface area contributed by atoms with Gasteiger partial charge in [0.25, 0.3) is 0 Å². The summed E-state index contributed by atoms with van der Waals surface area (Å²) in [4.78, 5) is 33.0. The summed E-state index contributed by atoms with van der Waals surface area (Å²) in [7, 11) is 0. The SMILES string of the molecule is CCOC(=O)C1=C(c2ccccc2)N=C2SC=C(CC(=O)NCC(C)C)N2C1c1cccc(Cl)c1. The molecule has 2 aromatic rings. The number of carbonyl (C=O) groups is 2. The van der Waals surface area contributed by atoms with E-state index < -0.39 is 12.0 Å². The third-order valence-electron chi connectivity index (χ3n) is 5.57. The van der Waals surface area contributed by atoms with Crippen LogP contribution in [0.4, 0.5) is 0 Å². The molecule has 182 valence electrons. The van der Waals surface area contributed by atoms with Crippen LogP contribution in [0, 0.1) is 5.92 Å². The molecule has 2 aromatic carbocycles. The van der Waals surface area contributed by atoms with Crippen molar-refractivity contribution in [2.75, 3.05) is 13.2 Å². The third kappa shape index (κ3) is 5.63. The number of hydrogen-bond donors (Lipinski definition) is 1. The van der Waals surface area contributed by atoms with E-state index >= 15 is 0 Å².